The van der Waals surface area contributed by atoms with Crippen molar-refractivity contribution in [2.45, 2.75) is 19.9 Å². The third-order valence-corrected chi connectivity index (χ3v) is 1.13. The number of carbonyl (C=O) groups excluding carboxylic acids is 1. The summed E-state index contributed by atoms with van der Waals surface area (Å²) in [4.78, 5) is 10.5. The molecule has 3 heteroatoms. The zero-order valence-corrected chi connectivity index (χ0v) is 5.59. The number of hydrogen-bond acceptors (Lipinski definition) is 3. The summed E-state index contributed by atoms with van der Waals surface area (Å²) in [6.45, 7) is 3.61. The molecule has 0 unspecified atom stereocenters. The fraction of sp³-hybridized carbons (Fsp3) is 0.667. The smallest absolute Gasteiger partial charge is 0.248 e. The van der Waals surface area contributed by atoms with E-state index in [1.54, 1.807) is 13.8 Å². The van der Waals surface area contributed by atoms with Gasteiger partial charge in [0.2, 0.25) is 5.78 Å². The van der Waals surface area contributed by atoms with Crippen molar-refractivity contribution in [3.63, 3.8) is 0 Å². The summed E-state index contributed by atoms with van der Waals surface area (Å²) in [6, 6.07) is 0.866. The molecular weight excluding hydrogens is 116 g/mol. The van der Waals surface area contributed by atoms with Gasteiger partial charge in [0.15, 0.2) is 0 Å². The number of nitrogens with zero attached hydrogens (tertiary/aromatic N) is 1. The number of nitriles is 1. The fourth-order valence-corrected chi connectivity index (χ4v) is 0.377. The van der Waals surface area contributed by atoms with Crippen LogP contribution in [0.5, 0.6) is 0 Å². The number of rotatable bonds is 2. The number of Topliss-reactive ketones (excluding diaryl/α,β-unsaturated/α-hetero) is 1. The summed E-state index contributed by atoms with van der Waals surface area (Å²) < 4.78 is 0. The van der Waals surface area contributed by atoms with Crippen LogP contribution in [0.3, 0.4) is 0 Å². The van der Waals surface area contributed by atoms with Gasteiger partial charge >= 0.3 is 0 Å². The predicted octanol–water partition coefficient (Wildman–Crippen LogP) is 0.0624. The van der Waals surface area contributed by atoms with Crippen LogP contribution < -0.4 is 5.73 Å². The summed E-state index contributed by atoms with van der Waals surface area (Å²) in [6.07, 6.45) is 0. The third-order valence-electron chi connectivity index (χ3n) is 1.13. The molecule has 0 aliphatic carbocycles. The molecule has 1 atom stereocenters. The SMILES string of the molecule is CC(C)[C@H](N)C(=O)C#N. The van der Waals surface area contributed by atoms with Crippen molar-refractivity contribution in [1.29, 1.82) is 5.26 Å². The van der Waals surface area contributed by atoms with E-state index in [-0.39, 0.29) is 5.92 Å². The van der Waals surface area contributed by atoms with E-state index in [1.807, 2.05) is 0 Å². The van der Waals surface area contributed by atoms with Gasteiger partial charge in [0.25, 0.3) is 0 Å². The maximum absolute atomic E-state index is 10.5. The minimum Gasteiger partial charge on any atom is -0.320 e. The second-order valence-electron chi connectivity index (χ2n) is 2.25. The molecule has 0 radical (unpaired) electrons. The molecule has 9 heavy (non-hydrogen) atoms. The van der Waals surface area contributed by atoms with E-state index in [4.69, 9.17) is 11.0 Å². The molecule has 0 fully saturated rings. The highest BCUT2D eigenvalue weighted by Crippen LogP contribution is 1.97. The third kappa shape index (κ3) is 2.24. The van der Waals surface area contributed by atoms with E-state index >= 15 is 0 Å². The molecule has 0 aromatic rings. The van der Waals surface area contributed by atoms with E-state index in [1.165, 1.54) is 6.07 Å². The molecule has 0 heterocycles. The van der Waals surface area contributed by atoms with Gasteiger partial charge in [-0.25, -0.2) is 0 Å². The maximum Gasteiger partial charge on any atom is 0.248 e. The van der Waals surface area contributed by atoms with Crippen molar-refractivity contribution in [3.05, 3.63) is 0 Å². The first-order chi connectivity index (χ1) is 4.09. The van der Waals surface area contributed by atoms with Gasteiger partial charge in [-0.2, -0.15) is 5.26 Å². The Hall–Kier alpha value is -0.880. The Kier molecular flexibility index (Phi) is 2.89. The predicted molar refractivity (Wildman–Crippen MR) is 33.4 cm³/mol. The summed E-state index contributed by atoms with van der Waals surface area (Å²) in [5.74, 6) is -0.484. The summed E-state index contributed by atoms with van der Waals surface area (Å²) in [7, 11) is 0. The summed E-state index contributed by atoms with van der Waals surface area (Å²) in [5.41, 5.74) is 5.30. The van der Waals surface area contributed by atoms with Crippen LogP contribution in [0, 0.1) is 17.2 Å². The van der Waals surface area contributed by atoms with Gasteiger partial charge < -0.3 is 5.73 Å². The summed E-state index contributed by atoms with van der Waals surface area (Å²) >= 11 is 0. The zero-order chi connectivity index (χ0) is 7.44. The molecule has 2 N–H and O–H groups in total. The lowest BCUT2D eigenvalue weighted by atomic mass is 10.0. The van der Waals surface area contributed by atoms with Crippen molar-refractivity contribution in [1.82, 2.24) is 0 Å². The first-order valence-electron chi connectivity index (χ1n) is 2.79. The molecule has 0 bridgehead atoms. The van der Waals surface area contributed by atoms with Crippen molar-refractivity contribution in [2.24, 2.45) is 11.7 Å². The Morgan fingerprint density at radius 1 is 1.67 bits per heavy atom. The Morgan fingerprint density at radius 2 is 2.11 bits per heavy atom. The lowest BCUT2D eigenvalue weighted by Crippen LogP contribution is -2.34. The molecule has 0 aromatic heterocycles. The maximum atomic E-state index is 10.5. The van der Waals surface area contributed by atoms with E-state index in [0.717, 1.165) is 0 Å². The molecule has 3 nitrogen and oxygen atoms in total. The van der Waals surface area contributed by atoms with E-state index in [0.29, 0.717) is 0 Å². The average molecular weight is 126 g/mol. The minimum atomic E-state index is -0.616. The topological polar surface area (TPSA) is 66.9 Å². The Morgan fingerprint density at radius 3 is 2.22 bits per heavy atom. The van der Waals surface area contributed by atoms with E-state index < -0.39 is 11.8 Å². The highest BCUT2D eigenvalue weighted by molar-refractivity contribution is 5.97. The van der Waals surface area contributed by atoms with Gasteiger partial charge in [-0.3, -0.25) is 4.79 Å². The molecule has 0 rings (SSSR count). The lowest BCUT2D eigenvalue weighted by molar-refractivity contribution is -0.115. The number of carbonyl (C=O) groups is 1. The molecular formula is C6H10N2O. The number of ketones is 1. The van der Waals surface area contributed by atoms with Crippen molar-refractivity contribution in [2.75, 3.05) is 0 Å². The van der Waals surface area contributed by atoms with Crippen LogP contribution in [0.1, 0.15) is 13.8 Å². The number of nitrogens with two attached hydrogens (primary N) is 1. The highest BCUT2D eigenvalue weighted by atomic mass is 16.1. The molecule has 0 aliphatic rings. The monoisotopic (exact) mass is 126 g/mol. The average Bonchev–Trinajstić information content (AvgIpc) is 1.84. The first-order valence-corrected chi connectivity index (χ1v) is 2.79. The zero-order valence-electron chi connectivity index (χ0n) is 5.59. The number of hydrogen-bond donors (Lipinski definition) is 1. The van der Waals surface area contributed by atoms with Crippen LogP contribution in [-0.4, -0.2) is 11.8 Å². The Balaban J connectivity index is 3.92. The van der Waals surface area contributed by atoms with Gasteiger partial charge in [-0.1, -0.05) is 13.8 Å². The Bertz CT molecular complexity index is 146. The van der Waals surface area contributed by atoms with E-state index in [2.05, 4.69) is 0 Å². The standard InChI is InChI=1S/C6H10N2O/c1-4(2)6(8)5(9)3-7/h4,6H,8H2,1-2H3/t6-/m0/s1. The molecule has 0 saturated carbocycles. The molecule has 0 amide bonds. The quantitative estimate of drug-likeness (QED) is 0.532. The van der Waals surface area contributed by atoms with Crippen molar-refractivity contribution in [3.8, 4) is 6.07 Å². The minimum absolute atomic E-state index is 0.0529. The molecule has 0 aromatic carbocycles. The largest absolute Gasteiger partial charge is 0.320 e. The van der Waals surface area contributed by atoms with Crippen LogP contribution in [-0.2, 0) is 4.79 Å². The fourth-order valence-electron chi connectivity index (χ4n) is 0.377. The van der Waals surface area contributed by atoms with Crippen molar-refractivity contribution >= 4 is 5.78 Å². The second kappa shape index (κ2) is 3.21. The summed E-state index contributed by atoms with van der Waals surface area (Å²) in [5, 5.41) is 8.07. The van der Waals surface area contributed by atoms with Gasteiger partial charge in [0, 0.05) is 0 Å². The van der Waals surface area contributed by atoms with Gasteiger partial charge in [0.05, 0.1) is 6.04 Å². The van der Waals surface area contributed by atoms with Crippen LogP contribution in [0.25, 0.3) is 0 Å². The Labute approximate surface area is 54.5 Å². The molecule has 50 valence electrons. The van der Waals surface area contributed by atoms with Gasteiger partial charge in [-0.15, -0.1) is 0 Å². The van der Waals surface area contributed by atoms with Crippen molar-refractivity contribution < 1.29 is 4.79 Å². The van der Waals surface area contributed by atoms with E-state index in [9.17, 15) is 4.79 Å². The molecule has 0 aliphatic heterocycles. The second-order valence-corrected chi connectivity index (χ2v) is 2.25. The van der Waals surface area contributed by atoms with Gasteiger partial charge in [0.1, 0.15) is 6.07 Å². The van der Waals surface area contributed by atoms with Crippen LogP contribution in [0.4, 0.5) is 0 Å². The molecule has 0 spiro atoms. The van der Waals surface area contributed by atoms with Crippen LogP contribution >= 0.6 is 0 Å². The van der Waals surface area contributed by atoms with Crippen LogP contribution in [0.15, 0.2) is 0 Å². The lowest BCUT2D eigenvalue weighted by Gasteiger charge is -2.07. The molecule has 0 saturated heterocycles. The first kappa shape index (κ1) is 8.12. The van der Waals surface area contributed by atoms with Crippen LogP contribution in [0.2, 0.25) is 0 Å². The highest BCUT2D eigenvalue weighted by Gasteiger charge is 2.15. The van der Waals surface area contributed by atoms with Gasteiger partial charge in [-0.05, 0) is 5.92 Å². The normalized spacial score (nSPS) is 12.8.